The number of fused-ring (bicyclic) bond motifs is 1. The number of hydrogen-bond acceptors (Lipinski definition) is 2. The van der Waals surface area contributed by atoms with Gasteiger partial charge in [-0.2, -0.15) is 0 Å². The van der Waals surface area contributed by atoms with E-state index >= 15 is 0 Å². The molecule has 1 aliphatic heterocycles. The van der Waals surface area contributed by atoms with Crippen LogP contribution in [0.15, 0.2) is 54.6 Å². The number of nitrogens with zero attached hydrogens (tertiary/aromatic N) is 1. The molecule has 1 amide bonds. The Morgan fingerprint density at radius 3 is 2.58 bits per heavy atom. The average molecular weight is 322 g/mol. The number of amides is 1. The number of carbonyl (C=O) groups excluding carboxylic acids is 1. The van der Waals surface area contributed by atoms with Gasteiger partial charge in [-0.3, -0.25) is 9.69 Å². The molecule has 3 heteroatoms. The molecule has 0 bridgehead atoms. The van der Waals surface area contributed by atoms with Crippen molar-refractivity contribution in [3.05, 3.63) is 71.3 Å². The minimum atomic E-state index is 0.155. The van der Waals surface area contributed by atoms with Gasteiger partial charge in [0.1, 0.15) is 0 Å². The summed E-state index contributed by atoms with van der Waals surface area (Å²) in [5.74, 6) is 0.155. The largest absolute Gasteiger partial charge is 0.356 e. The summed E-state index contributed by atoms with van der Waals surface area (Å²) < 4.78 is 0. The predicted molar refractivity (Wildman–Crippen MR) is 97.8 cm³/mol. The van der Waals surface area contributed by atoms with Crippen molar-refractivity contribution in [3.63, 3.8) is 0 Å². The maximum absolute atomic E-state index is 11.9. The highest BCUT2D eigenvalue weighted by molar-refractivity contribution is 5.76. The second-order valence-corrected chi connectivity index (χ2v) is 6.48. The number of benzene rings is 2. The van der Waals surface area contributed by atoms with Crippen molar-refractivity contribution in [2.45, 2.75) is 32.2 Å². The van der Waals surface area contributed by atoms with E-state index in [1.54, 1.807) is 0 Å². The van der Waals surface area contributed by atoms with Crippen molar-refractivity contribution in [2.24, 2.45) is 0 Å². The summed E-state index contributed by atoms with van der Waals surface area (Å²) >= 11 is 0. The van der Waals surface area contributed by atoms with Crippen molar-refractivity contribution in [1.82, 2.24) is 10.2 Å². The Kier molecular flexibility index (Phi) is 6.02. The minimum absolute atomic E-state index is 0.155. The zero-order chi connectivity index (χ0) is 16.6. The van der Waals surface area contributed by atoms with Gasteiger partial charge in [0.15, 0.2) is 0 Å². The van der Waals surface area contributed by atoms with Crippen LogP contribution in [-0.4, -0.2) is 30.4 Å². The molecule has 24 heavy (non-hydrogen) atoms. The van der Waals surface area contributed by atoms with E-state index in [1.165, 1.54) is 16.7 Å². The smallest absolute Gasteiger partial charge is 0.220 e. The predicted octanol–water partition coefficient (Wildman–Crippen LogP) is 3.18. The first kappa shape index (κ1) is 16.7. The molecule has 2 aromatic carbocycles. The van der Waals surface area contributed by atoms with Crippen LogP contribution in [0.2, 0.25) is 0 Å². The summed E-state index contributed by atoms with van der Waals surface area (Å²) in [6.07, 6.45) is 3.54. The molecule has 1 aliphatic rings. The highest BCUT2D eigenvalue weighted by Crippen LogP contribution is 2.18. The second kappa shape index (κ2) is 8.65. The lowest BCUT2D eigenvalue weighted by atomic mass is 10.00. The lowest BCUT2D eigenvalue weighted by Crippen LogP contribution is -2.33. The highest BCUT2D eigenvalue weighted by atomic mass is 16.1. The van der Waals surface area contributed by atoms with Gasteiger partial charge in [-0.1, -0.05) is 54.6 Å². The molecule has 0 saturated carbocycles. The molecule has 126 valence electrons. The first-order valence-electron chi connectivity index (χ1n) is 8.91. The zero-order valence-electron chi connectivity index (χ0n) is 14.2. The van der Waals surface area contributed by atoms with Crippen LogP contribution in [-0.2, 0) is 24.2 Å². The zero-order valence-corrected chi connectivity index (χ0v) is 14.2. The van der Waals surface area contributed by atoms with Gasteiger partial charge in [0.25, 0.3) is 0 Å². The van der Waals surface area contributed by atoms with E-state index < -0.39 is 0 Å². The molecule has 1 heterocycles. The lowest BCUT2D eigenvalue weighted by Gasteiger charge is -2.28. The number of aryl methyl sites for hydroxylation is 1. The Morgan fingerprint density at radius 1 is 1.00 bits per heavy atom. The lowest BCUT2D eigenvalue weighted by molar-refractivity contribution is -0.121. The number of carbonyl (C=O) groups is 1. The Balaban J connectivity index is 1.31. The average Bonchev–Trinajstić information content (AvgIpc) is 2.64. The third kappa shape index (κ3) is 4.93. The standard InChI is InChI=1S/C21H26N2O/c24-21(12-11-18-7-2-1-3-8-18)22-14-6-15-23-16-13-19-9-4-5-10-20(19)17-23/h1-5,7-10H,6,11-17H2,(H,22,24). The van der Waals surface area contributed by atoms with Crippen LogP contribution in [0.4, 0.5) is 0 Å². The molecular formula is C21H26N2O. The van der Waals surface area contributed by atoms with E-state index in [1.807, 2.05) is 18.2 Å². The Bertz CT molecular complexity index is 654. The summed E-state index contributed by atoms with van der Waals surface area (Å²) in [6, 6.07) is 18.9. The molecule has 0 aliphatic carbocycles. The van der Waals surface area contributed by atoms with Gasteiger partial charge in [0.2, 0.25) is 5.91 Å². The number of rotatable bonds is 7. The molecule has 0 atom stereocenters. The molecule has 2 aromatic rings. The molecule has 0 spiro atoms. The van der Waals surface area contributed by atoms with Crippen LogP contribution in [0.1, 0.15) is 29.5 Å². The first-order valence-corrected chi connectivity index (χ1v) is 8.91. The molecule has 0 fully saturated rings. The highest BCUT2D eigenvalue weighted by Gasteiger charge is 2.14. The topological polar surface area (TPSA) is 32.3 Å². The van der Waals surface area contributed by atoms with E-state index in [2.05, 4.69) is 46.6 Å². The number of nitrogens with one attached hydrogen (secondary N) is 1. The Morgan fingerprint density at radius 2 is 1.75 bits per heavy atom. The van der Waals surface area contributed by atoms with Crippen LogP contribution in [0.5, 0.6) is 0 Å². The molecule has 0 saturated heterocycles. The summed E-state index contributed by atoms with van der Waals surface area (Å²) in [4.78, 5) is 14.4. The van der Waals surface area contributed by atoms with E-state index in [0.717, 1.165) is 45.4 Å². The number of hydrogen-bond donors (Lipinski definition) is 1. The Hall–Kier alpha value is -2.13. The summed E-state index contributed by atoms with van der Waals surface area (Å²) in [7, 11) is 0. The van der Waals surface area contributed by atoms with Crippen LogP contribution < -0.4 is 5.32 Å². The van der Waals surface area contributed by atoms with Gasteiger partial charge in [-0.05, 0) is 36.0 Å². The van der Waals surface area contributed by atoms with E-state index in [0.29, 0.717) is 6.42 Å². The molecule has 3 nitrogen and oxygen atoms in total. The van der Waals surface area contributed by atoms with Crippen LogP contribution in [0.3, 0.4) is 0 Å². The fourth-order valence-corrected chi connectivity index (χ4v) is 3.27. The fraction of sp³-hybridized carbons (Fsp3) is 0.381. The Labute approximate surface area is 144 Å². The maximum Gasteiger partial charge on any atom is 0.220 e. The summed E-state index contributed by atoms with van der Waals surface area (Å²) in [5.41, 5.74) is 4.17. The third-order valence-corrected chi connectivity index (χ3v) is 4.67. The molecule has 0 aromatic heterocycles. The molecule has 0 unspecified atom stereocenters. The summed E-state index contributed by atoms with van der Waals surface area (Å²) in [6.45, 7) is 3.98. The van der Waals surface area contributed by atoms with Crippen LogP contribution in [0, 0.1) is 0 Å². The summed E-state index contributed by atoms with van der Waals surface area (Å²) in [5, 5.41) is 3.05. The van der Waals surface area contributed by atoms with Gasteiger partial charge >= 0.3 is 0 Å². The van der Waals surface area contributed by atoms with Gasteiger partial charge in [-0.25, -0.2) is 0 Å². The normalized spacial score (nSPS) is 14.2. The van der Waals surface area contributed by atoms with Crippen molar-refractivity contribution >= 4 is 5.91 Å². The van der Waals surface area contributed by atoms with Crippen LogP contribution in [0.25, 0.3) is 0 Å². The second-order valence-electron chi connectivity index (χ2n) is 6.48. The van der Waals surface area contributed by atoms with E-state index in [-0.39, 0.29) is 5.91 Å². The van der Waals surface area contributed by atoms with Crippen LogP contribution >= 0.6 is 0 Å². The van der Waals surface area contributed by atoms with E-state index in [9.17, 15) is 4.79 Å². The first-order chi connectivity index (χ1) is 11.8. The third-order valence-electron chi connectivity index (χ3n) is 4.67. The molecular weight excluding hydrogens is 296 g/mol. The van der Waals surface area contributed by atoms with Crippen molar-refractivity contribution in [3.8, 4) is 0 Å². The van der Waals surface area contributed by atoms with Crippen molar-refractivity contribution in [2.75, 3.05) is 19.6 Å². The van der Waals surface area contributed by atoms with E-state index in [4.69, 9.17) is 0 Å². The SMILES string of the molecule is O=C(CCc1ccccc1)NCCCN1CCc2ccccc2C1. The molecule has 1 N–H and O–H groups in total. The monoisotopic (exact) mass is 322 g/mol. The maximum atomic E-state index is 11.9. The van der Waals surface area contributed by atoms with Gasteiger partial charge in [0, 0.05) is 32.6 Å². The van der Waals surface area contributed by atoms with Gasteiger partial charge in [0.05, 0.1) is 0 Å². The van der Waals surface area contributed by atoms with Crippen molar-refractivity contribution < 1.29 is 4.79 Å². The van der Waals surface area contributed by atoms with Gasteiger partial charge < -0.3 is 5.32 Å². The fourth-order valence-electron chi connectivity index (χ4n) is 3.27. The minimum Gasteiger partial charge on any atom is -0.356 e. The molecule has 0 radical (unpaired) electrons. The quantitative estimate of drug-likeness (QED) is 0.794. The van der Waals surface area contributed by atoms with Crippen molar-refractivity contribution in [1.29, 1.82) is 0 Å². The van der Waals surface area contributed by atoms with Gasteiger partial charge in [-0.15, -0.1) is 0 Å². The molecule has 3 rings (SSSR count).